The van der Waals surface area contributed by atoms with Crippen LogP contribution in [0, 0.1) is 5.82 Å². The van der Waals surface area contributed by atoms with E-state index in [1.54, 1.807) is 36.4 Å². The van der Waals surface area contributed by atoms with Gasteiger partial charge in [0.15, 0.2) is 0 Å². The lowest BCUT2D eigenvalue weighted by Crippen LogP contribution is -2.52. The molecule has 2 aromatic carbocycles. The average molecular weight is 372 g/mol. The van der Waals surface area contributed by atoms with E-state index in [-0.39, 0.29) is 18.4 Å². The maximum Gasteiger partial charge on any atom is 0.326 e. The highest BCUT2D eigenvalue weighted by Crippen LogP contribution is 2.10. The molecule has 0 aliphatic heterocycles. The summed E-state index contributed by atoms with van der Waals surface area (Å²) in [6.07, 6.45) is 0.00413. The number of hydrogen-bond donors (Lipinski definition) is 3. The van der Waals surface area contributed by atoms with Gasteiger partial charge in [0.2, 0.25) is 11.8 Å². The first-order valence-corrected chi connectivity index (χ1v) is 8.44. The number of halogens is 1. The fourth-order valence-electron chi connectivity index (χ4n) is 2.66. The monoisotopic (exact) mass is 372 g/mol. The first kappa shape index (κ1) is 20.1. The first-order chi connectivity index (χ1) is 12.9. The Labute approximate surface area is 156 Å². The Balaban J connectivity index is 2.13. The van der Waals surface area contributed by atoms with Gasteiger partial charge >= 0.3 is 5.97 Å². The van der Waals surface area contributed by atoms with E-state index < -0.39 is 35.7 Å². The topological polar surface area (TPSA) is 95.5 Å². The molecule has 0 spiro atoms. The van der Waals surface area contributed by atoms with Gasteiger partial charge in [-0.15, -0.1) is 0 Å². The fourth-order valence-corrected chi connectivity index (χ4v) is 2.66. The third-order valence-corrected chi connectivity index (χ3v) is 3.97. The summed E-state index contributed by atoms with van der Waals surface area (Å²) in [6.45, 7) is 1.24. The second-order valence-electron chi connectivity index (χ2n) is 6.14. The highest BCUT2D eigenvalue weighted by molar-refractivity contribution is 5.90. The van der Waals surface area contributed by atoms with Gasteiger partial charge in [-0.1, -0.05) is 48.5 Å². The van der Waals surface area contributed by atoms with E-state index in [1.807, 2.05) is 0 Å². The van der Waals surface area contributed by atoms with Gasteiger partial charge in [-0.05, 0) is 17.2 Å². The van der Waals surface area contributed by atoms with Crippen molar-refractivity contribution in [2.75, 3.05) is 0 Å². The number of aliphatic carboxylic acids is 1. The molecule has 0 radical (unpaired) electrons. The van der Waals surface area contributed by atoms with Gasteiger partial charge in [0, 0.05) is 19.8 Å². The Kier molecular flexibility index (Phi) is 7.05. The molecule has 0 bridgehead atoms. The third kappa shape index (κ3) is 6.22. The van der Waals surface area contributed by atoms with Crippen LogP contribution in [0.15, 0.2) is 54.6 Å². The Bertz CT molecular complexity index is 811. The van der Waals surface area contributed by atoms with Crippen molar-refractivity contribution >= 4 is 17.8 Å². The van der Waals surface area contributed by atoms with Crippen LogP contribution in [-0.2, 0) is 27.2 Å². The second-order valence-corrected chi connectivity index (χ2v) is 6.14. The van der Waals surface area contributed by atoms with Gasteiger partial charge in [-0.25, -0.2) is 9.18 Å². The van der Waals surface area contributed by atoms with Gasteiger partial charge in [-0.2, -0.15) is 0 Å². The first-order valence-electron chi connectivity index (χ1n) is 8.44. The zero-order chi connectivity index (χ0) is 19.8. The summed E-state index contributed by atoms with van der Waals surface area (Å²) < 4.78 is 13.9. The van der Waals surface area contributed by atoms with E-state index in [2.05, 4.69) is 10.6 Å². The van der Waals surface area contributed by atoms with Crippen LogP contribution < -0.4 is 10.6 Å². The number of rotatable bonds is 8. The van der Waals surface area contributed by atoms with Crippen LogP contribution in [0.5, 0.6) is 0 Å². The Hall–Kier alpha value is -3.22. The van der Waals surface area contributed by atoms with E-state index in [4.69, 9.17) is 0 Å². The molecule has 0 saturated heterocycles. The lowest BCUT2D eigenvalue weighted by Gasteiger charge is -2.21. The Morgan fingerprint density at radius 1 is 0.926 bits per heavy atom. The van der Waals surface area contributed by atoms with Crippen LogP contribution in [0.2, 0.25) is 0 Å². The van der Waals surface area contributed by atoms with Crippen molar-refractivity contribution < 1.29 is 23.9 Å². The molecule has 27 heavy (non-hydrogen) atoms. The van der Waals surface area contributed by atoms with Crippen LogP contribution in [0.1, 0.15) is 18.1 Å². The third-order valence-electron chi connectivity index (χ3n) is 3.97. The molecular weight excluding hydrogens is 351 g/mol. The van der Waals surface area contributed by atoms with E-state index in [0.717, 1.165) is 5.56 Å². The van der Waals surface area contributed by atoms with E-state index in [0.29, 0.717) is 0 Å². The quantitative estimate of drug-likeness (QED) is 0.657. The fraction of sp³-hybridized carbons (Fsp3) is 0.250. The highest BCUT2D eigenvalue weighted by atomic mass is 19.1. The van der Waals surface area contributed by atoms with E-state index >= 15 is 0 Å². The molecule has 0 heterocycles. The molecule has 0 aliphatic rings. The molecule has 6 nitrogen and oxygen atoms in total. The van der Waals surface area contributed by atoms with Gasteiger partial charge < -0.3 is 15.7 Å². The summed E-state index contributed by atoms with van der Waals surface area (Å²) in [4.78, 5) is 35.6. The van der Waals surface area contributed by atoms with Gasteiger partial charge in [0.25, 0.3) is 0 Å². The summed E-state index contributed by atoms with van der Waals surface area (Å²) >= 11 is 0. The minimum atomic E-state index is -1.19. The molecule has 0 aromatic heterocycles. The van der Waals surface area contributed by atoms with Crippen LogP contribution in [-0.4, -0.2) is 35.0 Å². The van der Waals surface area contributed by atoms with Crippen LogP contribution in [0.4, 0.5) is 4.39 Å². The number of hydrogen-bond acceptors (Lipinski definition) is 3. The predicted octanol–water partition coefficient (Wildman–Crippen LogP) is 1.68. The number of nitrogens with one attached hydrogen (secondary N) is 2. The zero-order valence-corrected chi connectivity index (χ0v) is 14.8. The molecule has 0 unspecified atom stereocenters. The van der Waals surface area contributed by atoms with Crippen LogP contribution >= 0.6 is 0 Å². The number of carbonyl (C=O) groups excluding carboxylic acids is 2. The summed E-state index contributed by atoms with van der Waals surface area (Å²) in [5, 5.41) is 14.3. The molecule has 142 valence electrons. The largest absolute Gasteiger partial charge is 0.480 e. The Morgan fingerprint density at radius 2 is 1.56 bits per heavy atom. The molecular formula is C20H21FN2O4. The van der Waals surface area contributed by atoms with Crippen molar-refractivity contribution in [2.24, 2.45) is 0 Å². The molecule has 0 aliphatic carbocycles. The lowest BCUT2D eigenvalue weighted by atomic mass is 10.0. The summed E-state index contributed by atoms with van der Waals surface area (Å²) in [5.41, 5.74) is 0.997. The van der Waals surface area contributed by atoms with Gasteiger partial charge in [0.1, 0.15) is 17.9 Å². The molecule has 2 aromatic rings. The average Bonchev–Trinajstić information content (AvgIpc) is 2.62. The number of benzene rings is 2. The van der Waals surface area contributed by atoms with E-state index in [9.17, 15) is 23.9 Å². The Morgan fingerprint density at radius 3 is 2.15 bits per heavy atom. The van der Waals surface area contributed by atoms with Crippen molar-refractivity contribution in [1.82, 2.24) is 10.6 Å². The van der Waals surface area contributed by atoms with Gasteiger partial charge in [0.05, 0.1) is 0 Å². The lowest BCUT2D eigenvalue weighted by molar-refractivity contribution is -0.142. The maximum absolute atomic E-state index is 13.9. The zero-order valence-electron chi connectivity index (χ0n) is 14.8. The van der Waals surface area contributed by atoms with Crippen molar-refractivity contribution in [2.45, 2.75) is 31.8 Å². The second kappa shape index (κ2) is 9.47. The van der Waals surface area contributed by atoms with Crippen molar-refractivity contribution in [3.8, 4) is 0 Å². The SMILES string of the molecule is CC(=O)N[C@H](Cc1ccccc1F)C(=O)N[C@H](Cc1ccccc1)C(=O)O. The van der Waals surface area contributed by atoms with E-state index in [1.165, 1.54) is 25.1 Å². The standard InChI is InChI=1S/C20H21FN2O4/c1-13(24)22-17(12-15-9-5-6-10-16(15)21)19(25)23-18(20(26)27)11-14-7-3-2-4-8-14/h2-10,17-18H,11-12H2,1H3,(H,22,24)(H,23,25)(H,26,27)/t17-,18-/m1/s1. The molecule has 2 amide bonds. The maximum atomic E-state index is 13.9. The summed E-state index contributed by atoms with van der Waals surface area (Å²) in [7, 11) is 0. The molecule has 2 atom stereocenters. The minimum absolute atomic E-state index is 0.0875. The molecule has 3 N–H and O–H groups in total. The molecule has 2 rings (SSSR count). The number of carbonyl (C=O) groups is 3. The van der Waals surface area contributed by atoms with Gasteiger partial charge in [-0.3, -0.25) is 9.59 Å². The summed E-state index contributed by atoms with van der Waals surface area (Å²) in [5.74, 6) is -2.85. The molecule has 7 heteroatoms. The number of amides is 2. The van der Waals surface area contributed by atoms with Crippen LogP contribution in [0.25, 0.3) is 0 Å². The molecule has 0 fully saturated rings. The number of carboxylic acid groups (broad SMARTS) is 1. The predicted molar refractivity (Wildman–Crippen MR) is 97.4 cm³/mol. The summed E-state index contributed by atoms with van der Waals surface area (Å²) in [6, 6.07) is 12.5. The minimum Gasteiger partial charge on any atom is -0.480 e. The van der Waals surface area contributed by atoms with Crippen LogP contribution in [0.3, 0.4) is 0 Å². The highest BCUT2D eigenvalue weighted by Gasteiger charge is 2.27. The van der Waals surface area contributed by atoms with Crippen molar-refractivity contribution in [3.05, 3.63) is 71.5 Å². The normalized spacial score (nSPS) is 12.7. The van der Waals surface area contributed by atoms with Crippen molar-refractivity contribution in [1.29, 1.82) is 0 Å². The number of carboxylic acids is 1. The molecule has 0 saturated carbocycles. The smallest absolute Gasteiger partial charge is 0.326 e. The van der Waals surface area contributed by atoms with Crippen molar-refractivity contribution in [3.63, 3.8) is 0 Å².